The first-order valence-corrected chi connectivity index (χ1v) is 8.62. The Morgan fingerprint density at radius 1 is 1.04 bits per heavy atom. The van der Waals surface area contributed by atoms with Crippen LogP contribution in [0.15, 0.2) is 41.3 Å². The van der Waals surface area contributed by atoms with Crippen LogP contribution in [-0.2, 0) is 17.2 Å². The highest BCUT2D eigenvalue weighted by atomic mass is 32.2. The second-order valence-electron chi connectivity index (χ2n) is 5.37. The Morgan fingerprint density at radius 3 is 1.88 bits per heavy atom. The summed E-state index contributed by atoms with van der Waals surface area (Å²) in [6.45, 7) is 4.46. The Balaban J connectivity index is 0.000000251. The van der Waals surface area contributed by atoms with Gasteiger partial charge in [0.2, 0.25) is 23.0 Å². The van der Waals surface area contributed by atoms with Crippen LogP contribution in [0.2, 0.25) is 0 Å². The number of pyridine rings is 1. The van der Waals surface area contributed by atoms with Crippen LogP contribution >= 0.6 is 0 Å². The van der Waals surface area contributed by atoms with E-state index in [2.05, 4.69) is 0 Å². The van der Waals surface area contributed by atoms with E-state index >= 15 is 0 Å². The van der Waals surface area contributed by atoms with Crippen LogP contribution in [0.25, 0.3) is 0 Å². The van der Waals surface area contributed by atoms with E-state index in [1.807, 2.05) is 0 Å². The predicted octanol–water partition coefficient (Wildman–Crippen LogP) is 1.52. The van der Waals surface area contributed by atoms with Crippen molar-refractivity contribution in [3.63, 3.8) is 0 Å². The van der Waals surface area contributed by atoms with E-state index in [4.69, 9.17) is 5.11 Å². The van der Waals surface area contributed by atoms with Crippen molar-refractivity contribution < 1.29 is 32.2 Å². The number of rotatable bonds is 3. The van der Waals surface area contributed by atoms with E-state index in [-0.39, 0.29) is 22.2 Å². The number of carbonyl (C=O) groups is 2. The molecule has 0 amide bonds. The normalized spacial score (nSPS) is 10.6. The number of ketones is 2. The van der Waals surface area contributed by atoms with Gasteiger partial charge in [0, 0.05) is 26.0 Å². The zero-order valence-corrected chi connectivity index (χ0v) is 15.1. The maximum atomic E-state index is 11.1. The number of phenolic OH excluding ortho intramolecular Hbond substituents is 1. The summed E-state index contributed by atoms with van der Waals surface area (Å²) in [4.78, 5) is 21.8. The lowest BCUT2D eigenvalue weighted by molar-refractivity contribution is -0.675. The highest BCUT2D eigenvalue weighted by Gasteiger charge is 2.18. The van der Waals surface area contributed by atoms with Crippen molar-refractivity contribution in [3.05, 3.63) is 53.3 Å². The molecule has 0 atom stereocenters. The maximum Gasteiger partial charge on any atom is 0.248 e. The van der Waals surface area contributed by atoms with Crippen LogP contribution in [0.5, 0.6) is 5.75 Å². The van der Waals surface area contributed by atoms with Gasteiger partial charge in [0.15, 0.2) is 0 Å². The van der Waals surface area contributed by atoms with Gasteiger partial charge in [0.1, 0.15) is 22.9 Å². The fourth-order valence-corrected chi connectivity index (χ4v) is 2.88. The lowest BCUT2D eigenvalue weighted by Crippen LogP contribution is -2.41. The molecule has 1 heterocycles. The molecule has 8 heteroatoms. The number of aromatic hydroxyl groups is 1. The second-order valence-corrected chi connectivity index (χ2v) is 6.72. The van der Waals surface area contributed by atoms with Gasteiger partial charge in [-0.2, -0.15) is 4.57 Å². The number of hydrogen-bond acceptors (Lipinski definition) is 6. The molecule has 0 fully saturated rings. The van der Waals surface area contributed by atoms with Gasteiger partial charge in [-0.15, -0.1) is 0 Å². The van der Waals surface area contributed by atoms with E-state index in [0.29, 0.717) is 17.0 Å². The summed E-state index contributed by atoms with van der Waals surface area (Å²) >= 11 is 0. The first-order valence-electron chi connectivity index (χ1n) is 7.21. The van der Waals surface area contributed by atoms with Gasteiger partial charge in [0.05, 0.1) is 4.90 Å². The fraction of sp³-hybridized carbons (Fsp3) is 0.235. The van der Waals surface area contributed by atoms with Crippen molar-refractivity contribution in [2.75, 3.05) is 0 Å². The molecule has 0 saturated heterocycles. The van der Waals surface area contributed by atoms with Gasteiger partial charge in [-0.25, -0.2) is 8.42 Å². The molecule has 0 bridgehead atoms. The number of benzene rings is 1. The molecule has 0 aliphatic heterocycles. The predicted molar refractivity (Wildman–Crippen MR) is 88.4 cm³/mol. The third kappa shape index (κ3) is 5.47. The number of aryl methyl sites for hydroxylation is 1. The third-order valence-electron chi connectivity index (χ3n) is 3.39. The Labute approximate surface area is 146 Å². The maximum absolute atomic E-state index is 11.1. The number of carbonyl (C=O) groups excluding carboxylic acids is 2. The van der Waals surface area contributed by atoms with Gasteiger partial charge < -0.3 is 9.66 Å². The highest BCUT2D eigenvalue weighted by molar-refractivity contribution is 7.85. The quantitative estimate of drug-likeness (QED) is 0.501. The zero-order chi connectivity index (χ0) is 19.4. The van der Waals surface area contributed by atoms with Crippen molar-refractivity contribution in [2.24, 2.45) is 7.05 Å². The standard InChI is InChI=1S/C10H12NO2.C7H8O4S/c1-7(12)9-5-4-6-10(8(2)13)11(9)3;1-5-2-3-6(8)4-7(5)12(9,10)11/h4-6H,1-3H3;2-4,8H,1H3,(H,9,10,11)/q+1;/p-1. The van der Waals surface area contributed by atoms with Crippen molar-refractivity contribution in [1.82, 2.24) is 0 Å². The molecule has 7 nitrogen and oxygen atoms in total. The minimum atomic E-state index is -4.47. The molecule has 0 radical (unpaired) electrons. The Hall–Kier alpha value is -2.58. The molecule has 1 aromatic heterocycles. The minimum Gasteiger partial charge on any atom is -0.744 e. The number of hydrogen-bond donors (Lipinski definition) is 1. The average Bonchev–Trinajstić information content (AvgIpc) is 2.49. The molecule has 0 aliphatic carbocycles. The largest absolute Gasteiger partial charge is 0.744 e. The van der Waals surface area contributed by atoms with E-state index < -0.39 is 10.1 Å². The third-order valence-corrected chi connectivity index (χ3v) is 4.37. The Morgan fingerprint density at radius 2 is 1.52 bits per heavy atom. The molecule has 134 valence electrons. The molecule has 1 aromatic carbocycles. The molecule has 0 spiro atoms. The monoisotopic (exact) mass is 365 g/mol. The van der Waals surface area contributed by atoms with Crippen LogP contribution in [-0.4, -0.2) is 29.6 Å². The topological polar surface area (TPSA) is 115 Å². The van der Waals surface area contributed by atoms with Gasteiger partial charge in [0.25, 0.3) is 0 Å². The van der Waals surface area contributed by atoms with E-state index in [9.17, 15) is 22.6 Å². The molecule has 2 rings (SSSR count). The van der Waals surface area contributed by atoms with Crippen LogP contribution in [0, 0.1) is 6.92 Å². The first kappa shape index (κ1) is 20.5. The number of nitrogens with zero attached hydrogens (tertiary/aromatic N) is 1. The van der Waals surface area contributed by atoms with Crippen LogP contribution < -0.4 is 4.57 Å². The van der Waals surface area contributed by atoms with Crippen molar-refractivity contribution in [2.45, 2.75) is 25.7 Å². The van der Waals surface area contributed by atoms with E-state index in [1.165, 1.54) is 32.9 Å². The molecule has 25 heavy (non-hydrogen) atoms. The van der Waals surface area contributed by atoms with Crippen LogP contribution in [0.1, 0.15) is 40.4 Å². The summed E-state index contributed by atoms with van der Waals surface area (Å²) in [6.07, 6.45) is 0. The fourth-order valence-electron chi connectivity index (χ4n) is 2.15. The highest BCUT2D eigenvalue weighted by Crippen LogP contribution is 2.19. The summed E-state index contributed by atoms with van der Waals surface area (Å²) in [5.41, 5.74) is 1.43. The molecule has 0 saturated carbocycles. The van der Waals surface area contributed by atoms with Gasteiger partial charge in [-0.05, 0) is 30.7 Å². The molecule has 0 unspecified atom stereocenters. The molecule has 2 aromatic rings. The van der Waals surface area contributed by atoms with Crippen molar-refractivity contribution in [3.8, 4) is 5.75 Å². The minimum absolute atomic E-state index is 0.0365. The smallest absolute Gasteiger partial charge is 0.248 e. The summed E-state index contributed by atoms with van der Waals surface area (Å²) in [5.74, 6) is -0.300. The summed E-state index contributed by atoms with van der Waals surface area (Å²) in [7, 11) is -2.75. The summed E-state index contributed by atoms with van der Waals surface area (Å²) < 4.78 is 33.2. The molecular weight excluding hydrogens is 346 g/mol. The van der Waals surface area contributed by atoms with Crippen molar-refractivity contribution >= 4 is 21.7 Å². The van der Waals surface area contributed by atoms with Crippen LogP contribution in [0.3, 0.4) is 0 Å². The van der Waals surface area contributed by atoms with Gasteiger partial charge >= 0.3 is 0 Å². The van der Waals surface area contributed by atoms with Crippen LogP contribution in [0.4, 0.5) is 0 Å². The molecule has 0 aliphatic rings. The lowest BCUT2D eigenvalue weighted by atomic mass is 10.2. The first-order chi connectivity index (χ1) is 11.4. The summed E-state index contributed by atoms with van der Waals surface area (Å²) in [5, 5.41) is 8.90. The number of phenols is 1. The number of Topliss-reactive ketones (excluding diaryl/α,β-unsaturated/α-hetero) is 2. The van der Waals surface area contributed by atoms with Gasteiger partial charge in [-0.3, -0.25) is 9.59 Å². The zero-order valence-electron chi connectivity index (χ0n) is 14.3. The van der Waals surface area contributed by atoms with Crippen molar-refractivity contribution in [1.29, 1.82) is 0 Å². The van der Waals surface area contributed by atoms with Gasteiger partial charge in [-0.1, -0.05) is 6.07 Å². The lowest BCUT2D eigenvalue weighted by Gasteiger charge is -2.09. The average molecular weight is 365 g/mol. The Kier molecular flexibility index (Phi) is 6.55. The molecule has 1 N–H and O–H groups in total. The number of aromatic nitrogens is 1. The molecular formula is C17H19NO6S. The SMILES string of the molecule is CC(=O)c1cccc(C(C)=O)[n+]1C.Cc1ccc(O)cc1S(=O)(=O)[O-]. The second kappa shape index (κ2) is 8.00. The summed E-state index contributed by atoms with van der Waals surface area (Å²) in [6, 6.07) is 8.76. The Bertz CT molecular complexity index is 886. The van der Waals surface area contributed by atoms with E-state index in [0.717, 1.165) is 6.07 Å². The van der Waals surface area contributed by atoms with E-state index in [1.54, 1.807) is 29.8 Å².